The van der Waals surface area contributed by atoms with E-state index < -0.39 is 6.10 Å². The van der Waals surface area contributed by atoms with Crippen LogP contribution in [0.2, 0.25) is 0 Å². The molecule has 1 saturated heterocycles. The van der Waals surface area contributed by atoms with Gasteiger partial charge in [-0.2, -0.15) is 0 Å². The van der Waals surface area contributed by atoms with Gasteiger partial charge in [0.25, 0.3) is 0 Å². The molecule has 1 aromatic carbocycles. The second-order valence-corrected chi connectivity index (χ2v) is 6.61. The summed E-state index contributed by atoms with van der Waals surface area (Å²) in [7, 11) is 0. The van der Waals surface area contributed by atoms with Crippen LogP contribution in [0.4, 0.5) is 5.69 Å². The summed E-state index contributed by atoms with van der Waals surface area (Å²) in [5.74, 6) is 0.620. The predicted molar refractivity (Wildman–Crippen MR) is 88.4 cm³/mol. The fourth-order valence-corrected chi connectivity index (χ4v) is 3.35. The quantitative estimate of drug-likeness (QED) is 0.873. The van der Waals surface area contributed by atoms with E-state index >= 15 is 0 Å². The summed E-state index contributed by atoms with van der Waals surface area (Å²) < 4.78 is 1.03. The van der Waals surface area contributed by atoms with Gasteiger partial charge >= 0.3 is 0 Å². The van der Waals surface area contributed by atoms with E-state index in [1.165, 1.54) is 5.69 Å². The van der Waals surface area contributed by atoms with E-state index in [1.807, 2.05) is 12.1 Å². The molecule has 1 amide bonds. The summed E-state index contributed by atoms with van der Waals surface area (Å²) in [6.45, 7) is 6.12. The fourth-order valence-electron chi connectivity index (χ4n) is 2.71. The van der Waals surface area contributed by atoms with Crippen LogP contribution in [-0.2, 0) is 4.79 Å². The Bertz CT molecular complexity index is 497. The molecule has 1 atom stereocenters. The average molecular weight is 355 g/mol. The number of halogens is 1. The third-order valence-corrected chi connectivity index (χ3v) is 4.68. The smallest absolute Gasteiger partial charge is 0.216 e. The topological polar surface area (TPSA) is 52.6 Å². The molecule has 4 nitrogen and oxygen atoms in total. The first kappa shape index (κ1) is 16.3. The van der Waals surface area contributed by atoms with Gasteiger partial charge in [-0.05, 0) is 59.3 Å². The lowest BCUT2D eigenvalue weighted by Gasteiger charge is -2.34. The molecular weight excluding hydrogens is 332 g/mol. The zero-order chi connectivity index (χ0) is 15.4. The van der Waals surface area contributed by atoms with Crippen molar-refractivity contribution in [2.24, 2.45) is 5.92 Å². The number of nitrogens with zero attached hydrogens (tertiary/aromatic N) is 1. The van der Waals surface area contributed by atoms with Crippen LogP contribution in [0.15, 0.2) is 22.7 Å². The first-order valence-electron chi connectivity index (χ1n) is 7.44. The number of aliphatic hydroxyl groups excluding tert-OH is 1. The van der Waals surface area contributed by atoms with E-state index in [0.29, 0.717) is 5.92 Å². The first-order valence-corrected chi connectivity index (χ1v) is 8.23. The summed E-state index contributed by atoms with van der Waals surface area (Å²) in [6.07, 6.45) is 1.73. The van der Waals surface area contributed by atoms with Crippen molar-refractivity contribution in [2.75, 3.05) is 24.5 Å². The van der Waals surface area contributed by atoms with Gasteiger partial charge < -0.3 is 15.3 Å². The minimum Gasteiger partial charge on any atom is -0.389 e. The molecule has 5 heteroatoms. The molecule has 2 rings (SSSR count). The lowest BCUT2D eigenvalue weighted by atomic mass is 9.96. The highest BCUT2D eigenvalue weighted by atomic mass is 79.9. The number of aliphatic hydroxyl groups is 1. The molecule has 0 aliphatic carbocycles. The number of benzene rings is 1. The minimum absolute atomic E-state index is 0.0499. The molecule has 0 spiro atoms. The molecule has 1 aromatic rings. The van der Waals surface area contributed by atoms with Crippen molar-refractivity contribution in [3.8, 4) is 0 Å². The van der Waals surface area contributed by atoms with Crippen LogP contribution in [0.25, 0.3) is 0 Å². The van der Waals surface area contributed by atoms with Crippen molar-refractivity contribution in [1.29, 1.82) is 0 Å². The Balaban J connectivity index is 1.94. The Morgan fingerprint density at radius 3 is 2.67 bits per heavy atom. The van der Waals surface area contributed by atoms with Gasteiger partial charge in [0.15, 0.2) is 0 Å². The van der Waals surface area contributed by atoms with E-state index in [-0.39, 0.29) is 5.91 Å². The molecule has 0 radical (unpaired) electrons. The number of hydrogen-bond acceptors (Lipinski definition) is 3. The molecular formula is C16H23BrN2O2. The highest BCUT2D eigenvalue weighted by Crippen LogP contribution is 2.32. The number of carbonyl (C=O) groups excluding carboxylic acids is 1. The van der Waals surface area contributed by atoms with Gasteiger partial charge in [-0.1, -0.05) is 6.07 Å². The van der Waals surface area contributed by atoms with Crippen molar-refractivity contribution in [2.45, 2.75) is 32.8 Å². The van der Waals surface area contributed by atoms with Crippen LogP contribution < -0.4 is 10.2 Å². The van der Waals surface area contributed by atoms with Crippen LogP contribution >= 0.6 is 15.9 Å². The van der Waals surface area contributed by atoms with Crippen molar-refractivity contribution < 1.29 is 9.90 Å². The first-order chi connectivity index (χ1) is 9.97. The zero-order valence-corrected chi connectivity index (χ0v) is 14.2. The van der Waals surface area contributed by atoms with E-state index in [2.05, 4.69) is 32.2 Å². The molecule has 116 valence electrons. The summed E-state index contributed by atoms with van der Waals surface area (Å²) in [5, 5.41) is 12.5. The van der Waals surface area contributed by atoms with Crippen LogP contribution in [-0.4, -0.2) is 30.6 Å². The number of carbonyl (C=O) groups is 1. The lowest BCUT2D eigenvalue weighted by Crippen LogP contribution is -2.38. The van der Waals surface area contributed by atoms with Gasteiger partial charge in [-0.25, -0.2) is 0 Å². The van der Waals surface area contributed by atoms with Crippen LogP contribution in [0.1, 0.15) is 38.4 Å². The Morgan fingerprint density at radius 2 is 2.14 bits per heavy atom. The number of anilines is 1. The van der Waals surface area contributed by atoms with Gasteiger partial charge in [-0.15, -0.1) is 0 Å². The van der Waals surface area contributed by atoms with Gasteiger partial charge in [0.05, 0.1) is 11.8 Å². The lowest BCUT2D eigenvalue weighted by molar-refractivity contribution is -0.119. The maximum atomic E-state index is 11.0. The van der Waals surface area contributed by atoms with Gasteiger partial charge in [0, 0.05) is 31.0 Å². The highest BCUT2D eigenvalue weighted by molar-refractivity contribution is 9.10. The van der Waals surface area contributed by atoms with Gasteiger partial charge in [-0.3, -0.25) is 4.79 Å². The number of piperidine rings is 1. The number of nitrogens with one attached hydrogen (secondary N) is 1. The monoisotopic (exact) mass is 354 g/mol. The summed E-state index contributed by atoms with van der Waals surface area (Å²) in [4.78, 5) is 13.3. The Hall–Kier alpha value is -1.07. The SMILES string of the molecule is CC(=O)NCC1CCN(c2ccc([C@@H](C)O)cc2Br)CC1. The number of rotatable bonds is 4. The van der Waals surface area contributed by atoms with Crippen molar-refractivity contribution in [1.82, 2.24) is 5.32 Å². The summed E-state index contributed by atoms with van der Waals surface area (Å²) in [6, 6.07) is 6.04. The zero-order valence-electron chi connectivity index (χ0n) is 12.6. The summed E-state index contributed by atoms with van der Waals surface area (Å²) >= 11 is 3.61. The Morgan fingerprint density at radius 1 is 1.48 bits per heavy atom. The minimum atomic E-state index is -0.446. The standard InChI is InChI=1S/C16H23BrN2O2/c1-11(20)14-3-4-16(15(17)9-14)19-7-5-13(6-8-19)10-18-12(2)21/h3-4,9,11,13,20H,5-8,10H2,1-2H3,(H,18,21)/t11-/m1/s1. The molecule has 21 heavy (non-hydrogen) atoms. The molecule has 0 unspecified atom stereocenters. The molecule has 0 aromatic heterocycles. The normalized spacial score (nSPS) is 17.6. The molecule has 1 aliphatic heterocycles. The highest BCUT2D eigenvalue weighted by Gasteiger charge is 2.21. The fraction of sp³-hybridized carbons (Fsp3) is 0.562. The van der Waals surface area contributed by atoms with Crippen LogP contribution in [0.5, 0.6) is 0 Å². The van der Waals surface area contributed by atoms with Crippen molar-refractivity contribution in [3.63, 3.8) is 0 Å². The third kappa shape index (κ3) is 4.45. The van der Waals surface area contributed by atoms with Crippen molar-refractivity contribution in [3.05, 3.63) is 28.2 Å². The number of hydrogen-bond donors (Lipinski definition) is 2. The molecule has 0 bridgehead atoms. The second kappa shape index (κ2) is 7.27. The van der Waals surface area contributed by atoms with Crippen LogP contribution in [0.3, 0.4) is 0 Å². The molecule has 1 fully saturated rings. The van der Waals surface area contributed by atoms with Crippen LogP contribution in [0, 0.1) is 5.92 Å². The molecule has 1 aliphatic rings. The maximum Gasteiger partial charge on any atom is 0.216 e. The van der Waals surface area contributed by atoms with E-state index in [4.69, 9.17) is 0 Å². The average Bonchev–Trinajstić information content (AvgIpc) is 2.45. The maximum absolute atomic E-state index is 11.0. The van der Waals surface area contributed by atoms with Gasteiger partial charge in [0.2, 0.25) is 5.91 Å². The molecule has 1 heterocycles. The van der Waals surface area contributed by atoms with E-state index in [9.17, 15) is 9.90 Å². The summed E-state index contributed by atoms with van der Waals surface area (Å²) in [5.41, 5.74) is 2.10. The van der Waals surface area contributed by atoms with E-state index in [1.54, 1.807) is 13.8 Å². The predicted octanol–water partition coefficient (Wildman–Crippen LogP) is 2.85. The second-order valence-electron chi connectivity index (χ2n) is 5.75. The Labute approximate surface area is 134 Å². The molecule has 2 N–H and O–H groups in total. The van der Waals surface area contributed by atoms with Crippen molar-refractivity contribution >= 4 is 27.5 Å². The third-order valence-electron chi connectivity index (χ3n) is 4.05. The number of amides is 1. The molecule has 0 saturated carbocycles. The van der Waals surface area contributed by atoms with E-state index in [0.717, 1.165) is 42.5 Å². The largest absolute Gasteiger partial charge is 0.389 e. The van der Waals surface area contributed by atoms with Gasteiger partial charge in [0.1, 0.15) is 0 Å². The Kier molecular flexibility index (Phi) is 5.65.